The Morgan fingerprint density at radius 3 is 2.09 bits per heavy atom. The average Bonchev–Trinajstić information content (AvgIpc) is 3.04. The largest absolute Gasteiger partial charge is 0.352 e. The Labute approximate surface area is 281 Å². The van der Waals surface area contributed by atoms with Crippen LogP contribution in [-0.2, 0) is 32.6 Å². The first-order valence-corrected chi connectivity index (χ1v) is 17.7. The zero-order valence-corrected chi connectivity index (χ0v) is 29.4. The van der Waals surface area contributed by atoms with Crippen molar-refractivity contribution in [3.05, 3.63) is 129 Å². The SMILES string of the molecule is CC[C@@H](C)NC(=O)[C@@H](Cc1ccccc1)N(Cc1ccc(Br)cc1)C(=O)CN(c1ccc(C)c(C)c1)S(=O)(=O)c1ccc(C)cc1. The second-order valence-corrected chi connectivity index (χ2v) is 14.5. The van der Waals surface area contributed by atoms with Crippen molar-refractivity contribution in [2.45, 2.75) is 71.0 Å². The Hall–Kier alpha value is -3.95. The molecule has 0 radical (unpaired) electrons. The van der Waals surface area contributed by atoms with E-state index >= 15 is 0 Å². The maximum Gasteiger partial charge on any atom is 0.264 e. The van der Waals surface area contributed by atoms with Crippen LogP contribution in [-0.4, -0.2) is 43.8 Å². The first kappa shape index (κ1) is 34.9. The molecule has 2 atom stereocenters. The minimum atomic E-state index is -4.16. The number of sulfonamides is 1. The molecule has 0 aliphatic rings. The lowest BCUT2D eigenvalue weighted by Gasteiger charge is -2.34. The molecule has 9 heteroatoms. The van der Waals surface area contributed by atoms with Crippen LogP contribution < -0.4 is 9.62 Å². The molecule has 0 saturated carbocycles. The summed E-state index contributed by atoms with van der Waals surface area (Å²) < 4.78 is 30.5. The Kier molecular flexibility index (Phi) is 11.8. The lowest BCUT2D eigenvalue weighted by Crippen LogP contribution is -2.54. The number of hydrogen-bond acceptors (Lipinski definition) is 4. The quantitative estimate of drug-likeness (QED) is 0.161. The molecule has 0 aromatic heterocycles. The van der Waals surface area contributed by atoms with Gasteiger partial charge in [-0.25, -0.2) is 8.42 Å². The fourth-order valence-electron chi connectivity index (χ4n) is 5.03. The zero-order valence-electron chi connectivity index (χ0n) is 27.0. The number of nitrogens with zero attached hydrogens (tertiary/aromatic N) is 2. The Morgan fingerprint density at radius 2 is 1.48 bits per heavy atom. The highest BCUT2D eigenvalue weighted by atomic mass is 79.9. The van der Waals surface area contributed by atoms with Gasteiger partial charge in [-0.1, -0.05) is 89.1 Å². The molecule has 4 aromatic carbocycles. The van der Waals surface area contributed by atoms with Gasteiger partial charge in [-0.05, 0) is 92.8 Å². The number of anilines is 1. The van der Waals surface area contributed by atoms with Crippen molar-refractivity contribution in [3.63, 3.8) is 0 Å². The molecule has 0 unspecified atom stereocenters. The first-order valence-electron chi connectivity index (χ1n) is 15.4. The molecular weight excluding hydrogens is 662 g/mol. The number of amides is 2. The second-order valence-electron chi connectivity index (χ2n) is 11.8. The summed E-state index contributed by atoms with van der Waals surface area (Å²) in [5.74, 6) is -0.778. The van der Waals surface area contributed by atoms with Crippen molar-refractivity contribution >= 4 is 43.5 Å². The average molecular weight is 705 g/mol. The summed E-state index contributed by atoms with van der Waals surface area (Å²) in [6.07, 6.45) is 0.986. The maximum absolute atomic E-state index is 14.6. The summed E-state index contributed by atoms with van der Waals surface area (Å²) in [4.78, 5) is 30.2. The van der Waals surface area contributed by atoms with Gasteiger partial charge in [0.1, 0.15) is 12.6 Å². The van der Waals surface area contributed by atoms with Crippen LogP contribution in [0.25, 0.3) is 0 Å². The molecule has 0 aliphatic heterocycles. The van der Waals surface area contributed by atoms with Crippen LogP contribution in [0.4, 0.5) is 5.69 Å². The minimum Gasteiger partial charge on any atom is -0.352 e. The van der Waals surface area contributed by atoms with Crippen LogP contribution in [0, 0.1) is 20.8 Å². The molecule has 7 nitrogen and oxygen atoms in total. The predicted octanol–water partition coefficient (Wildman–Crippen LogP) is 7.12. The Morgan fingerprint density at radius 1 is 0.826 bits per heavy atom. The summed E-state index contributed by atoms with van der Waals surface area (Å²) >= 11 is 3.47. The molecule has 1 N–H and O–H groups in total. The third-order valence-corrected chi connectivity index (χ3v) is 10.5. The van der Waals surface area contributed by atoms with Gasteiger partial charge < -0.3 is 10.2 Å². The van der Waals surface area contributed by atoms with Gasteiger partial charge in [0.2, 0.25) is 11.8 Å². The molecule has 0 saturated heterocycles. The minimum absolute atomic E-state index is 0.0823. The van der Waals surface area contributed by atoms with Gasteiger partial charge >= 0.3 is 0 Å². The highest BCUT2D eigenvalue weighted by Crippen LogP contribution is 2.27. The van der Waals surface area contributed by atoms with Crippen molar-refractivity contribution in [3.8, 4) is 0 Å². The topological polar surface area (TPSA) is 86.8 Å². The smallest absolute Gasteiger partial charge is 0.264 e. The molecule has 0 aliphatic carbocycles. The highest BCUT2D eigenvalue weighted by molar-refractivity contribution is 9.10. The molecule has 0 fully saturated rings. The summed E-state index contributed by atoms with van der Waals surface area (Å²) in [6, 6.07) is 28.0. The van der Waals surface area contributed by atoms with Gasteiger partial charge in [-0.15, -0.1) is 0 Å². The molecule has 2 amide bonds. The van der Waals surface area contributed by atoms with Gasteiger partial charge in [0.15, 0.2) is 0 Å². The molecule has 0 bridgehead atoms. The van der Waals surface area contributed by atoms with E-state index in [0.717, 1.165) is 43.0 Å². The van der Waals surface area contributed by atoms with E-state index in [0.29, 0.717) is 5.69 Å². The molecule has 0 spiro atoms. The lowest BCUT2D eigenvalue weighted by atomic mass is 10.0. The van der Waals surface area contributed by atoms with E-state index in [9.17, 15) is 18.0 Å². The first-order chi connectivity index (χ1) is 21.9. The third kappa shape index (κ3) is 8.85. The van der Waals surface area contributed by atoms with E-state index in [1.807, 2.05) is 95.3 Å². The van der Waals surface area contributed by atoms with E-state index in [1.165, 1.54) is 4.90 Å². The number of nitrogens with one attached hydrogen (secondary N) is 1. The number of aryl methyl sites for hydroxylation is 3. The molecule has 46 heavy (non-hydrogen) atoms. The second kappa shape index (κ2) is 15.6. The van der Waals surface area contributed by atoms with Crippen molar-refractivity contribution in [2.75, 3.05) is 10.8 Å². The third-order valence-electron chi connectivity index (χ3n) is 8.20. The number of hydrogen-bond donors (Lipinski definition) is 1. The Balaban J connectivity index is 1.82. The number of carbonyl (C=O) groups is 2. The lowest BCUT2D eigenvalue weighted by molar-refractivity contribution is -0.140. The van der Waals surface area contributed by atoms with E-state index in [-0.39, 0.29) is 29.8 Å². The van der Waals surface area contributed by atoms with Crippen molar-refractivity contribution in [1.82, 2.24) is 10.2 Å². The van der Waals surface area contributed by atoms with Crippen LogP contribution >= 0.6 is 15.9 Å². The van der Waals surface area contributed by atoms with Crippen LogP contribution in [0.3, 0.4) is 0 Å². The summed E-state index contributed by atoms with van der Waals surface area (Å²) in [5, 5.41) is 3.07. The van der Waals surface area contributed by atoms with Gasteiger partial charge in [0.05, 0.1) is 10.6 Å². The maximum atomic E-state index is 14.6. The van der Waals surface area contributed by atoms with Crippen LogP contribution in [0.5, 0.6) is 0 Å². The number of carbonyl (C=O) groups excluding carboxylic acids is 2. The van der Waals surface area contributed by atoms with Crippen LogP contribution in [0.1, 0.15) is 48.1 Å². The summed E-state index contributed by atoms with van der Waals surface area (Å²) in [7, 11) is -4.16. The van der Waals surface area contributed by atoms with Crippen LogP contribution in [0.15, 0.2) is 106 Å². The van der Waals surface area contributed by atoms with E-state index in [4.69, 9.17) is 0 Å². The van der Waals surface area contributed by atoms with E-state index < -0.39 is 28.5 Å². The predicted molar refractivity (Wildman–Crippen MR) is 188 cm³/mol. The normalized spacial score (nSPS) is 12.7. The fraction of sp³-hybridized carbons (Fsp3) is 0.297. The van der Waals surface area contributed by atoms with Gasteiger partial charge in [0, 0.05) is 23.5 Å². The number of benzene rings is 4. The molecule has 4 aromatic rings. The molecule has 0 heterocycles. The van der Waals surface area contributed by atoms with Crippen LogP contribution in [0.2, 0.25) is 0 Å². The fourth-order valence-corrected chi connectivity index (χ4v) is 6.70. The number of halogens is 1. The standard InChI is InChI=1S/C37H42BrN3O4S/c1-6-29(5)39-37(43)35(23-30-10-8-7-9-11-30)40(24-31-15-17-32(38)18-16-31)36(42)25-41(33-19-14-27(3)28(4)22-33)46(44,45)34-20-12-26(2)13-21-34/h7-22,29,35H,6,23-25H2,1-5H3,(H,39,43)/t29-,35-/m1/s1. The molecule has 242 valence electrons. The van der Waals surface area contributed by atoms with Gasteiger partial charge in [0.25, 0.3) is 10.0 Å². The van der Waals surface area contributed by atoms with Crippen molar-refractivity contribution in [1.29, 1.82) is 0 Å². The van der Waals surface area contributed by atoms with Crippen molar-refractivity contribution < 1.29 is 18.0 Å². The monoisotopic (exact) mass is 703 g/mol. The van der Waals surface area contributed by atoms with Gasteiger partial charge in [-0.3, -0.25) is 13.9 Å². The van der Waals surface area contributed by atoms with E-state index in [1.54, 1.807) is 36.4 Å². The molecular formula is C37H42BrN3O4S. The number of rotatable bonds is 13. The highest BCUT2D eigenvalue weighted by Gasteiger charge is 2.35. The molecule has 4 rings (SSSR count). The zero-order chi connectivity index (χ0) is 33.4. The summed E-state index contributed by atoms with van der Waals surface area (Å²) in [6.45, 7) is 9.28. The Bertz CT molecular complexity index is 1740. The van der Waals surface area contributed by atoms with Gasteiger partial charge in [-0.2, -0.15) is 0 Å². The van der Waals surface area contributed by atoms with Crippen molar-refractivity contribution in [2.24, 2.45) is 0 Å². The van der Waals surface area contributed by atoms with E-state index in [2.05, 4.69) is 21.2 Å². The summed E-state index contributed by atoms with van der Waals surface area (Å²) in [5.41, 5.74) is 4.90.